The second kappa shape index (κ2) is 21.0. The summed E-state index contributed by atoms with van der Waals surface area (Å²) in [5.41, 5.74) is 5.69. The van der Waals surface area contributed by atoms with E-state index in [0.717, 1.165) is 49.3 Å². The molecule has 0 saturated heterocycles. The second-order valence-electron chi connectivity index (χ2n) is 15.1. The minimum atomic E-state index is -0.686. The molecule has 57 heavy (non-hydrogen) atoms. The Morgan fingerprint density at radius 3 is 2.53 bits per heavy atom. The van der Waals surface area contributed by atoms with Crippen LogP contribution in [0.5, 0.6) is 5.75 Å². The lowest BCUT2D eigenvalue weighted by molar-refractivity contribution is -0.121. The Bertz CT molecular complexity index is 1910. The third kappa shape index (κ3) is 11.6. The number of aromatic nitrogens is 1. The average Bonchev–Trinajstić information content (AvgIpc) is 3.76. The van der Waals surface area contributed by atoms with Crippen molar-refractivity contribution in [2.24, 2.45) is 11.8 Å². The number of carbonyl (C=O) groups is 3. The summed E-state index contributed by atoms with van der Waals surface area (Å²) < 4.78 is 6.64. The highest BCUT2D eigenvalue weighted by atomic mass is 16.5. The van der Waals surface area contributed by atoms with Crippen molar-refractivity contribution in [2.75, 3.05) is 38.0 Å². The number of likely N-dealkylation sites (N-methyl/N-ethyl adjacent to an activating group) is 1. The number of allylic oxidation sites excluding steroid dienone is 2. The molecule has 1 fully saturated rings. The average molecular weight is 780 g/mol. The van der Waals surface area contributed by atoms with Crippen LogP contribution in [0.1, 0.15) is 91.3 Å². The van der Waals surface area contributed by atoms with E-state index in [9.17, 15) is 24.6 Å². The number of unbranched alkanes of at least 4 members (excludes halogenated alkanes) is 1. The maximum absolute atomic E-state index is 13.3. The van der Waals surface area contributed by atoms with Crippen LogP contribution in [0.4, 0.5) is 5.69 Å². The van der Waals surface area contributed by atoms with E-state index in [1.165, 1.54) is 0 Å². The van der Waals surface area contributed by atoms with Crippen LogP contribution in [0.15, 0.2) is 72.8 Å². The molecule has 5 atom stereocenters. The second-order valence-corrected chi connectivity index (χ2v) is 15.1. The summed E-state index contributed by atoms with van der Waals surface area (Å²) in [5, 5.41) is 30.7. The van der Waals surface area contributed by atoms with Crippen LogP contribution < -0.4 is 20.7 Å². The summed E-state index contributed by atoms with van der Waals surface area (Å²) in [6.07, 6.45) is 11.6. The molecule has 1 aromatic heterocycles. The molecule has 0 spiro atoms. The number of nitrogens with zero attached hydrogens (tertiary/aromatic N) is 1. The van der Waals surface area contributed by atoms with E-state index in [2.05, 4.69) is 45.8 Å². The fourth-order valence-electron chi connectivity index (χ4n) is 7.91. The van der Waals surface area contributed by atoms with Crippen molar-refractivity contribution in [2.45, 2.75) is 91.5 Å². The standard InChI is InChI=1S/C46H61N5O6/c1-6-47-43(54)19-15-10-9-14-18-35-36(42(53)29-41(35)52)22-20-33(26-32-16-12-11-13-17-32)57-34-21-23-39-37(27-34)38(45(55)50-39)28-40-30(4)44(31(5)49-40)46(56)48-24-25-51(7-2)8-3/h9,11-14,16-17,20-23,27-28,33,35-36,41-42,49,52-53H,6-8,10,15,18-19,24-26,29H2,1-5H3,(H,47,54)(H,48,56)(H,50,55)/b14-9-,22-20+,38-28-/t33?,35-,36-,41+,42-/m1/s1. The summed E-state index contributed by atoms with van der Waals surface area (Å²) in [5.74, 6) is -0.171. The van der Waals surface area contributed by atoms with Gasteiger partial charge in [0.05, 0.1) is 23.3 Å². The third-order valence-corrected chi connectivity index (χ3v) is 11.1. The van der Waals surface area contributed by atoms with Crippen LogP contribution in [0.3, 0.4) is 0 Å². The van der Waals surface area contributed by atoms with Crippen LogP contribution in [-0.4, -0.2) is 88.9 Å². The number of aliphatic hydroxyl groups excluding tert-OH is 2. The first kappa shape index (κ1) is 43.2. The number of hydrogen-bond acceptors (Lipinski definition) is 7. The number of H-pyrrole nitrogens is 1. The zero-order valence-electron chi connectivity index (χ0n) is 34.1. The molecular weight excluding hydrogens is 719 g/mol. The Labute approximate surface area is 337 Å². The highest BCUT2D eigenvalue weighted by molar-refractivity contribution is 6.35. The number of fused-ring (bicyclic) bond motifs is 1. The summed E-state index contributed by atoms with van der Waals surface area (Å²) in [6, 6.07) is 15.6. The molecular formula is C46H61N5O6. The molecule has 306 valence electrons. The number of hydrogen-bond donors (Lipinski definition) is 6. The van der Waals surface area contributed by atoms with E-state index in [1.807, 2.05) is 87.5 Å². The van der Waals surface area contributed by atoms with E-state index >= 15 is 0 Å². The Balaban J connectivity index is 1.32. The number of aromatic amines is 1. The number of benzene rings is 2. The van der Waals surface area contributed by atoms with Gasteiger partial charge in [0.15, 0.2) is 0 Å². The number of nitrogens with one attached hydrogen (secondary N) is 4. The minimum absolute atomic E-state index is 0.0549. The van der Waals surface area contributed by atoms with Gasteiger partial charge in [0.1, 0.15) is 11.9 Å². The summed E-state index contributed by atoms with van der Waals surface area (Å²) in [6.45, 7) is 13.7. The number of aryl methyl sites for hydroxylation is 1. The monoisotopic (exact) mass is 779 g/mol. The highest BCUT2D eigenvalue weighted by Crippen LogP contribution is 2.38. The normalized spacial score (nSPS) is 20.4. The van der Waals surface area contributed by atoms with Crippen molar-refractivity contribution >= 4 is 35.1 Å². The van der Waals surface area contributed by atoms with Gasteiger partial charge in [0.2, 0.25) is 5.91 Å². The topological polar surface area (TPSA) is 156 Å². The molecule has 3 amide bonds. The first-order chi connectivity index (χ1) is 27.5. The van der Waals surface area contributed by atoms with Gasteiger partial charge in [-0.2, -0.15) is 0 Å². The van der Waals surface area contributed by atoms with Crippen LogP contribution >= 0.6 is 0 Å². The number of rotatable bonds is 20. The molecule has 11 nitrogen and oxygen atoms in total. The van der Waals surface area contributed by atoms with Crippen molar-refractivity contribution in [3.05, 3.63) is 106 Å². The molecule has 6 N–H and O–H groups in total. The smallest absolute Gasteiger partial charge is 0.256 e. The van der Waals surface area contributed by atoms with E-state index in [-0.39, 0.29) is 29.6 Å². The van der Waals surface area contributed by atoms with Gasteiger partial charge in [0.25, 0.3) is 11.8 Å². The molecule has 1 aliphatic carbocycles. The number of carbonyl (C=O) groups excluding carboxylic acids is 3. The highest BCUT2D eigenvalue weighted by Gasteiger charge is 2.39. The van der Waals surface area contributed by atoms with Gasteiger partial charge in [-0.3, -0.25) is 14.4 Å². The SMILES string of the molecule is CCNC(=O)CCC/C=C\C[C@@H]1[C@@H](/C=C/C(Cc2ccccc2)Oc2ccc3c(c2)/C(=C/c2[nH]c(C)c(C(=O)NCCN(CC)CC)c2C)C(=O)N3)[C@H](O)C[C@@H]1O. The van der Waals surface area contributed by atoms with Gasteiger partial charge in [0, 0.05) is 67.5 Å². The predicted octanol–water partition coefficient (Wildman–Crippen LogP) is 6.35. The van der Waals surface area contributed by atoms with Gasteiger partial charge in [-0.05, 0) is 101 Å². The quantitative estimate of drug-likeness (QED) is 0.0444. The molecule has 1 saturated carbocycles. The number of aliphatic hydroxyl groups is 2. The Morgan fingerprint density at radius 2 is 1.79 bits per heavy atom. The van der Waals surface area contributed by atoms with E-state index in [0.29, 0.717) is 72.6 Å². The van der Waals surface area contributed by atoms with E-state index in [1.54, 1.807) is 6.08 Å². The molecule has 5 rings (SSSR count). The van der Waals surface area contributed by atoms with Crippen molar-refractivity contribution in [3.8, 4) is 5.75 Å². The summed E-state index contributed by atoms with van der Waals surface area (Å²) in [4.78, 5) is 43.9. The van der Waals surface area contributed by atoms with Crippen molar-refractivity contribution < 1.29 is 29.3 Å². The van der Waals surface area contributed by atoms with Gasteiger partial charge < -0.3 is 40.8 Å². The Hall–Kier alpha value is -4.97. The van der Waals surface area contributed by atoms with Crippen molar-refractivity contribution in [3.63, 3.8) is 0 Å². The van der Waals surface area contributed by atoms with Crippen LogP contribution in [0, 0.1) is 25.7 Å². The molecule has 2 heterocycles. The fraction of sp³-hybridized carbons (Fsp3) is 0.457. The Morgan fingerprint density at radius 1 is 1.02 bits per heavy atom. The van der Waals surface area contributed by atoms with Gasteiger partial charge >= 0.3 is 0 Å². The Kier molecular flexibility index (Phi) is 15.9. The van der Waals surface area contributed by atoms with Gasteiger partial charge in [-0.25, -0.2) is 0 Å². The molecule has 11 heteroatoms. The number of anilines is 1. The van der Waals surface area contributed by atoms with Crippen LogP contribution in [0.2, 0.25) is 0 Å². The molecule has 1 aliphatic heterocycles. The van der Waals surface area contributed by atoms with Crippen molar-refractivity contribution in [1.82, 2.24) is 20.5 Å². The number of amides is 3. The van der Waals surface area contributed by atoms with Gasteiger partial charge in [-0.15, -0.1) is 0 Å². The summed E-state index contributed by atoms with van der Waals surface area (Å²) in [7, 11) is 0. The van der Waals surface area contributed by atoms with Gasteiger partial charge in [-0.1, -0.05) is 62.4 Å². The van der Waals surface area contributed by atoms with Crippen molar-refractivity contribution in [1.29, 1.82) is 0 Å². The predicted molar refractivity (Wildman–Crippen MR) is 227 cm³/mol. The maximum Gasteiger partial charge on any atom is 0.256 e. The lowest BCUT2D eigenvalue weighted by atomic mass is 9.89. The molecule has 2 aliphatic rings. The van der Waals surface area contributed by atoms with E-state index in [4.69, 9.17) is 4.74 Å². The summed E-state index contributed by atoms with van der Waals surface area (Å²) >= 11 is 0. The van der Waals surface area contributed by atoms with Crippen LogP contribution in [0.25, 0.3) is 11.6 Å². The molecule has 0 radical (unpaired) electrons. The minimum Gasteiger partial charge on any atom is -0.486 e. The fourth-order valence-corrected chi connectivity index (χ4v) is 7.91. The third-order valence-electron chi connectivity index (χ3n) is 11.1. The molecule has 3 aromatic rings. The zero-order valence-corrected chi connectivity index (χ0v) is 34.1. The number of ether oxygens (including phenoxy) is 1. The largest absolute Gasteiger partial charge is 0.486 e. The zero-order chi connectivity index (χ0) is 40.9. The first-order valence-corrected chi connectivity index (χ1v) is 20.6. The molecule has 0 bridgehead atoms. The lowest BCUT2D eigenvalue weighted by Crippen LogP contribution is -2.35. The van der Waals surface area contributed by atoms with E-state index < -0.39 is 18.3 Å². The lowest BCUT2D eigenvalue weighted by Gasteiger charge is -2.21. The molecule has 2 aromatic carbocycles. The first-order valence-electron chi connectivity index (χ1n) is 20.6. The maximum atomic E-state index is 13.3. The van der Waals surface area contributed by atoms with Crippen LogP contribution in [-0.2, 0) is 16.0 Å². The molecule has 1 unspecified atom stereocenters.